The van der Waals surface area contributed by atoms with Gasteiger partial charge in [0.2, 0.25) is 11.8 Å². The maximum atomic E-state index is 12.5. The average Bonchev–Trinajstić information content (AvgIpc) is 2.67. The Morgan fingerprint density at radius 2 is 2.24 bits per heavy atom. The quantitative estimate of drug-likeness (QED) is 0.802. The lowest BCUT2D eigenvalue weighted by atomic mass is 9.97. The SMILES string of the molecule is COc1cc2c(nn1)CCN(C(C)C(=O)NCCC1=CCCCC1)C2. The van der Waals surface area contributed by atoms with E-state index in [0.717, 1.165) is 37.2 Å². The van der Waals surface area contributed by atoms with E-state index in [-0.39, 0.29) is 11.9 Å². The fourth-order valence-corrected chi connectivity index (χ4v) is 3.55. The molecule has 3 rings (SSSR count). The molecule has 0 bridgehead atoms. The van der Waals surface area contributed by atoms with Crippen molar-refractivity contribution in [3.63, 3.8) is 0 Å². The highest BCUT2D eigenvalue weighted by atomic mass is 16.5. The Morgan fingerprint density at radius 1 is 1.36 bits per heavy atom. The normalized spacial score (nSPS) is 18.9. The Hall–Kier alpha value is -1.95. The molecule has 1 amide bonds. The van der Waals surface area contributed by atoms with E-state index < -0.39 is 0 Å². The summed E-state index contributed by atoms with van der Waals surface area (Å²) in [5.41, 5.74) is 3.61. The van der Waals surface area contributed by atoms with Crippen molar-refractivity contribution in [3.05, 3.63) is 29.0 Å². The molecule has 0 saturated carbocycles. The minimum atomic E-state index is -0.146. The lowest BCUT2D eigenvalue weighted by Gasteiger charge is -2.32. The fraction of sp³-hybridized carbons (Fsp3) is 0.632. The van der Waals surface area contributed by atoms with E-state index in [1.54, 1.807) is 7.11 Å². The van der Waals surface area contributed by atoms with Crippen molar-refractivity contribution in [2.75, 3.05) is 20.2 Å². The molecule has 2 heterocycles. The first kappa shape index (κ1) is 17.9. The number of fused-ring (bicyclic) bond motifs is 1. The van der Waals surface area contributed by atoms with E-state index in [4.69, 9.17) is 4.74 Å². The zero-order chi connectivity index (χ0) is 17.6. The lowest BCUT2D eigenvalue weighted by molar-refractivity contribution is -0.126. The number of ether oxygens (including phenoxy) is 1. The molecule has 136 valence electrons. The maximum Gasteiger partial charge on any atom is 0.237 e. The van der Waals surface area contributed by atoms with E-state index >= 15 is 0 Å². The number of allylic oxidation sites excluding steroid dienone is 1. The molecule has 0 fully saturated rings. The number of hydrogen-bond donors (Lipinski definition) is 1. The van der Waals surface area contributed by atoms with Crippen molar-refractivity contribution in [1.29, 1.82) is 0 Å². The minimum absolute atomic E-state index is 0.105. The van der Waals surface area contributed by atoms with Gasteiger partial charge < -0.3 is 10.1 Å². The Bertz CT molecular complexity index is 644. The molecule has 0 radical (unpaired) electrons. The van der Waals surface area contributed by atoms with Crippen molar-refractivity contribution in [3.8, 4) is 5.88 Å². The molecule has 1 aromatic heterocycles. The molecular formula is C19H28N4O2. The van der Waals surface area contributed by atoms with Gasteiger partial charge in [-0.15, -0.1) is 5.10 Å². The van der Waals surface area contributed by atoms with Crippen molar-refractivity contribution in [2.24, 2.45) is 0 Å². The Kier molecular flexibility index (Phi) is 6.02. The second-order valence-corrected chi connectivity index (χ2v) is 6.90. The van der Waals surface area contributed by atoms with E-state index in [1.165, 1.54) is 31.3 Å². The van der Waals surface area contributed by atoms with Crippen LogP contribution in [-0.4, -0.2) is 47.2 Å². The topological polar surface area (TPSA) is 67.4 Å². The smallest absolute Gasteiger partial charge is 0.237 e. The van der Waals surface area contributed by atoms with Crippen LogP contribution >= 0.6 is 0 Å². The third kappa shape index (κ3) is 4.57. The molecule has 1 atom stereocenters. The predicted octanol–water partition coefficient (Wildman–Crippen LogP) is 2.24. The molecule has 0 spiro atoms. The number of nitrogens with zero attached hydrogens (tertiary/aromatic N) is 3. The third-order valence-electron chi connectivity index (χ3n) is 5.21. The Balaban J connectivity index is 1.51. The summed E-state index contributed by atoms with van der Waals surface area (Å²) < 4.78 is 5.16. The van der Waals surface area contributed by atoms with Gasteiger partial charge in [0.15, 0.2) is 0 Å². The van der Waals surface area contributed by atoms with Gasteiger partial charge in [0.25, 0.3) is 0 Å². The van der Waals surface area contributed by atoms with Crippen LogP contribution in [0.15, 0.2) is 17.7 Å². The zero-order valence-corrected chi connectivity index (χ0v) is 15.3. The summed E-state index contributed by atoms with van der Waals surface area (Å²) in [6.45, 7) is 4.25. The van der Waals surface area contributed by atoms with E-state index in [0.29, 0.717) is 12.4 Å². The number of rotatable bonds is 6. The number of aromatic nitrogens is 2. The van der Waals surface area contributed by atoms with Gasteiger partial charge in [-0.25, -0.2) is 0 Å². The number of nitrogens with one attached hydrogen (secondary N) is 1. The largest absolute Gasteiger partial charge is 0.480 e. The van der Waals surface area contributed by atoms with Gasteiger partial charge in [-0.3, -0.25) is 9.69 Å². The predicted molar refractivity (Wildman–Crippen MR) is 96.3 cm³/mol. The van der Waals surface area contributed by atoms with E-state index in [9.17, 15) is 4.79 Å². The van der Waals surface area contributed by atoms with Gasteiger partial charge in [0.1, 0.15) is 0 Å². The standard InChI is InChI=1S/C19H28N4O2/c1-14(19(24)20-10-8-15-6-4-3-5-7-15)23-11-9-17-16(13-23)12-18(25-2)22-21-17/h6,12,14H,3-5,7-11,13H2,1-2H3,(H,20,24). The molecule has 1 aliphatic carbocycles. The molecule has 1 unspecified atom stereocenters. The second-order valence-electron chi connectivity index (χ2n) is 6.90. The van der Waals surface area contributed by atoms with Crippen LogP contribution in [0.1, 0.15) is 50.3 Å². The van der Waals surface area contributed by atoms with Crippen LogP contribution in [0.4, 0.5) is 0 Å². The van der Waals surface area contributed by atoms with Crippen LogP contribution in [0, 0.1) is 0 Å². The van der Waals surface area contributed by atoms with Crippen LogP contribution in [0.3, 0.4) is 0 Å². The molecule has 6 heteroatoms. The molecular weight excluding hydrogens is 316 g/mol. The van der Waals surface area contributed by atoms with Crippen LogP contribution in [0.25, 0.3) is 0 Å². The number of methoxy groups -OCH3 is 1. The third-order valence-corrected chi connectivity index (χ3v) is 5.21. The molecule has 2 aliphatic rings. The first-order valence-electron chi connectivity index (χ1n) is 9.26. The van der Waals surface area contributed by atoms with Crippen molar-refractivity contribution < 1.29 is 9.53 Å². The van der Waals surface area contributed by atoms with Crippen LogP contribution in [0.5, 0.6) is 5.88 Å². The van der Waals surface area contributed by atoms with Crippen molar-refractivity contribution >= 4 is 5.91 Å². The summed E-state index contributed by atoms with van der Waals surface area (Å²) >= 11 is 0. The van der Waals surface area contributed by atoms with E-state index in [2.05, 4.69) is 26.5 Å². The highest BCUT2D eigenvalue weighted by Gasteiger charge is 2.26. The first-order valence-corrected chi connectivity index (χ1v) is 9.26. The molecule has 1 aliphatic heterocycles. The van der Waals surface area contributed by atoms with Gasteiger partial charge >= 0.3 is 0 Å². The van der Waals surface area contributed by atoms with Gasteiger partial charge in [-0.1, -0.05) is 11.6 Å². The zero-order valence-electron chi connectivity index (χ0n) is 15.3. The first-order chi connectivity index (χ1) is 12.2. The van der Waals surface area contributed by atoms with E-state index in [1.807, 2.05) is 13.0 Å². The average molecular weight is 344 g/mol. The van der Waals surface area contributed by atoms with Gasteiger partial charge in [0, 0.05) is 32.1 Å². The van der Waals surface area contributed by atoms with Crippen LogP contribution in [-0.2, 0) is 17.8 Å². The highest BCUT2D eigenvalue weighted by molar-refractivity contribution is 5.81. The molecule has 6 nitrogen and oxygen atoms in total. The minimum Gasteiger partial charge on any atom is -0.480 e. The van der Waals surface area contributed by atoms with Gasteiger partial charge in [0.05, 0.1) is 18.8 Å². The number of carbonyl (C=O) groups is 1. The summed E-state index contributed by atoms with van der Waals surface area (Å²) in [5, 5.41) is 11.3. The maximum absolute atomic E-state index is 12.5. The summed E-state index contributed by atoms with van der Waals surface area (Å²) in [6.07, 6.45) is 9.12. The monoisotopic (exact) mass is 344 g/mol. The summed E-state index contributed by atoms with van der Waals surface area (Å²) in [7, 11) is 1.59. The fourth-order valence-electron chi connectivity index (χ4n) is 3.55. The summed E-state index contributed by atoms with van der Waals surface area (Å²) in [5.74, 6) is 0.632. The Labute approximate surface area is 149 Å². The number of amides is 1. The van der Waals surface area contributed by atoms with Crippen molar-refractivity contribution in [1.82, 2.24) is 20.4 Å². The van der Waals surface area contributed by atoms with Gasteiger partial charge in [-0.05, 0) is 44.6 Å². The van der Waals surface area contributed by atoms with Crippen LogP contribution in [0.2, 0.25) is 0 Å². The summed E-state index contributed by atoms with van der Waals surface area (Å²) in [4.78, 5) is 14.7. The molecule has 0 aromatic carbocycles. The molecule has 0 saturated heterocycles. The van der Waals surface area contributed by atoms with Gasteiger partial charge in [-0.2, -0.15) is 5.10 Å². The highest BCUT2D eigenvalue weighted by Crippen LogP contribution is 2.22. The number of hydrogen-bond acceptors (Lipinski definition) is 5. The number of carbonyl (C=O) groups excluding carboxylic acids is 1. The molecule has 25 heavy (non-hydrogen) atoms. The Morgan fingerprint density at radius 3 is 3.00 bits per heavy atom. The van der Waals surface area contributed by atoms with Crippen LogP contribution < -0.4 is 10.1 Å². The second kappa shape index (κ2) is 8.43. The summed E-state index contributed by atoms with van der Waals surface area (Å²) in [6, 6.07) is 1.78. The molecule has 1 N–H and O–H groups in total. The lowest BCUT2D eigenvalue weighted by Crippen LogP contribution is -2.47. The molecule has 1 aromatic rings. The van der Waals surface area contributed by atoms with Crippen molar-refractivity contribution in [2.45, 2.75) is 58.0 Å².